The van der Waals surface area contributed by atoms with Crippen LogP contribution in [0.3, 0.4) is 0 Å². The van der Waals surface area contributed by atoms with Gasteiger partial charge in [-0.2, -0.15) is 26.7 Å². The molecule has 1 fully saturated rings. The number of carbonyl (C=O) groups is 5. The first-order chi connectivity index (χ1) is 36.7. The SMILES string of the molecule is CCOC(=O)C1=NOC(c2ccccc2)(c2ccccc2)C1.CS(=O)(=O)c1ccc(C(=O)C2C(=O)CCCC2=O)c(Cl)c1COCC(F)(F)F.Cc1ccc(S(=O)(=O)Oc2c(C(=O)c3ccc(Cl)cc3Cl)c(C)nn2C)cc1. The fourth-order valence-electron chi connectivity index (χ4n) is 8.20. The maximum absolute atomic E-state index is 13.0. The third kappa shape index (κ3) is 14.5. The van der Waals surface area contributed by atoms with Crippen molar-refractivity contribution in [1.29, 1.82) is 0 Å². The van der Waals surface area contributed by atoms with E-state index in [0.717, 1.165) is 35.1 Å². The normalized spacial score (nSPS) is 14.5. The van der Waals surface area contributed by atoms with Gasteiger partial charge < -0.3 is 18.5 Å². The quantitative estimate of drug-likeness (QED) is 0.0404. The second-order valence-electron chi connectivity index (χ2n) is 17.6. The molecule has 1 saturated carbocycles. The molecule has 5 aromatic carbocycles. The van der Waals surface area contributed by atoms with E-state index in [0.29, 0.717) is 35.9 Å². The number of halogens is 6. The van der Waals surface area contributed by atoms with Crippen LogP contribution in [0.2, 0.25) is 15.1 Å². The number of Topliss-reactive ketones (excluding diaryl/α,β-unsaturated/α-hetero) is 3. The molecule has 2 aliphatic rings. The van der Waals surface area contributed by atoms with E-state index in [1.165, 1.54) is 42.1 Å². The Morgan fingerprint density at radius 2 is 1.40 bits per heavy atom. The van der Waals surface area contributed by atoms with Crippen molar-refractivity contribution in [3.63, 3.8) is 0 Å². The highest BCUT2D eigenvalue weighted by atomic mass is 35.5. The van der Waals surface area contributed by atoms with Gasteiger partial charge in [-0.25, -0.2) is 17.9 Å². The molecule has 2 heterocycles. The molecule has 1 aliphatic heterocycles. The third-order valence-corrected chi connectivity index (χ3v) is 15.3. The van der Waals surface area contributed by atoms with E-state index in [4.69, 9.17) is 48.6 Å². The number of aryl methyl sites for hydroxylation is 3. The molecule has 0 bridgehead atoms. The summed E-state index contributed by atoms with van der Waals surface area (Å²) in [5.41, 5.74) is 2.22. The summed E-state index contributed by atoms with van der Waals surface area (Å²) >= 11 is 18.1. The lowest BCUT2D eigenvalue weighted by atomic mass is 9.81. The van der Waals surface area contributed by atoms with E-state index in [1.54, 1.807) is 26.0 Å². The largest absolute Gasteiger partial charge is 0.461 e. The van der Waals surface area contributed by atoms with Gasteiger partial charge in [0.1, 0.15) is 23.0 Å². The number of rotatable bonds is 15. The van der Waals surface area contributed by atoms with Gasteiger partial charge >= 0.3 is 22.3 Å². The third-order valence-electron chi connectivity index (χ3n) is 11.9. The van der Waals surface area contributed by atoms with Crippen LogP contribution in [0.5, 0.6) is 5.88 Å². The first-order valence-electron chi connectivity index (χ1n) is 23.5. The number of benzene rings is 5. The van der Waals surface area contributed by atoms with Crippen LogP contribution in [0.4, 0.5) is 13.2 Å². The van der Waals surface area contributed by atoms with Gasteiger partial charge in [0.15, 0.2) is 38.5 Å². The Hall–Kier alpha value is -6.75. The molecule has 8 rings (SSSR count). The van der Waals surface area contributed by atoms with Crippen LogP contribution in [0, 0.1) is 19.8 Å². The molecule has 0 radical (unpaired) electrons. The van der Waals surface area contributed by atoms with Crippen LogP contribution in [-0.2, 0) is 67.9 Å². The number of ether oxygens (including phenoxy) is 2. The van der Waals surface area contributed by atoms with Crippen LogP contribution < -0.4 is 4.18 Å². The van der Waals surface area contributed by atoms with Crippen LogP contribution in [0.25, 0.3) is 0 Å². The number of nitrogens with zero attached hydrogens (tertiary/aromatic N) is 3. The molecule has 0 spiro atoms. The highest BCUT2D eigenvalue weighted by Gasteiger charge is 2.45. The van der Waals surface area contributed by atoms with Gasteiger partial charge in [0, 0.05) is 59.0 Å². The lowest BCUT2D eigenvalue weighted by molar-refractivity contribution is -0.176. The lowest BCUT2D eigenvalue weighted by Gasteiger charge is -2.27. The second-order valence-corrected chi connectivity index (χ2v) is 22.4. The minimum absolute atomic E-state index is 0.0161. The summed E-state index contributed by atoms with van der Waals surface area (Å²) in [6.45, 7) is 3.05. The zero-order valence-corrected chi connectivity index (χ0v) is 46.1. The Balaban J connectivity index is 0.000000191. The van der Waals surface area contributed by atoms with Crippen molar-refractivity contribution >= 4 is 89.6 Å². The minimum Gasteiger partial charge on any atom is -0.461 e. The molecular formula is C54H49Cl3F3N3O13S2. The second kappa shape index (κ2) is 25.4. The number of aromatic nitrogens is 2. The van der Waals surface area contributed by atoms with Gasteiger partial charge in [-0.05, 0) is 69.7 Å². The number of oxime groups is 1. The summed E-state index contributed by atoms with van der Waals surface area (Å²) in [5, 5.41) is 8.20. The number of alkyl halides is 3. The highest BCUT2D eigenvalue weighted by Crippen LogP contribution is 2.41. The van der Waals surface area contributed by atoms with E-state index in [9.17, 15) is 54.0 Å². The highest BCUT2D eigenvalue weighted by molar-refractivity contribution is 7.90. The Bertz CT molecular complexity index is 3450. The Morgan fingerprint density at radius 3 is 1.94 bits per heavy atom. The van der Waals surface area contributed by atoms with Crippen molar-refractivity contribution in [2.45, 2.75) is 74.6 Å². The van der Waals surface area contributed by atoms with Crippen molar-refractivity contribution in [3.05, 3.63) is 175 Å². The van der Waals surface area contributed by atoms with Crippen molar-refractivity contribution in [3.8, 4) is 5.88 Å². The Morgan fingerprint density at radius 1 is 0.821 bits per heavy atom. The number of ketones is 4. The van der Waals surface area contributed by atoms with Gasteiger partial charge in [0.05, 0.1) is 40.3 Å². The molecule has 1 aromatic heterocycles. The van der Waals surface area contributed by atoms with E-state index in [2.05, 4.69) is 15.0 Å². The molecular weight excluding hydrogens is 1130 g/mol. The van der Waals surface area contributed by atoms with Crippen molar-refractivity contribution in [1.82, 2.24) is 9.78 Å². The predicted molar refractivity (Wildman–Crippen MR) is 282 cm³/mol. The standard InChI is InChI=1S/C19H16Cl2N2O4S.C18H17NO3.C17H16ClF3O6S/c1-11-4-7-14(8-5-11)28(25,26)27-19-17(12(2)22-23(19)3)18(24)15-9-6-13(20)10-16(15)21;1-2-21-17(20)16-13-18(22-19-16,14-9-5-3-6-10-14)15-11-7-4-8-12-15;1-28(25,26)13-6-5-9(15(18)10(13)7-27-8-17(19,20)21)16(24)14-11(22)3-2-4-12(14)23/h4-10H,1-3H3;3-12H,2,13H2,1H3;5-6,14H,2-4,7-8H2,1H3. The molecule has 16 nitrogen and oxygen atoms in total. The summed E-state index contributed by atoms with van der Waals surface area (Å²) in [6, 6.07) is 32.3. The van der Waals surface area contributed by atoms with Crippen LogP contribution >= 0.6 is 34.8 Å². The average molecular weight is 1180 g/mol. The molecule has 0 amide bonds. The zero-order valence-electron chi connectivity index (χ0n) is 42.2. The van der Waals surface area contributed by atoms with Crippen LogP contribution in [0.15, 0.2) is 130 Å². The van der Waals surface area contributed by atoms with E-state index in [1.807, 2.05) is 67.6 Å². The van der Waals surface area contributed by atoms with Gasteiger partial charge in [-0.15, -0.1) is 0 Å². The number of carbonyl (C=O) groups excluding carboxylic acids is 5. The van der Waals surface area contributed by atoms with E-state index < -0.39 is 89.9 Å². The van der Waals surface area contributed by atoms with Crippen LogP contribution in [-0.4, -0.2) is 87.1 Å². The lowest BCUT2D eigenvalue weighted by Crippen LogP contribution is -2.35. The number of sulfone groups is 1. The Kier molecular flexibility index (Phi) is 19.7. The monoisotopic (exact) mass is 1170 g/mol. The smallest absolute Gasteiger partial charge is 0.411 e. The molecule has 0 saturated heterocycles. The van der Waals surface area contributed by atoms with Gasteiger partial charge in [0.25, 0.3) is 0 Å². The predicted octanol–water partition coefficient (Wildman–Crippen LogP) is 10.6. The number of esters is 1. The average Bonchev–Trinajstić information content (AvgIpc) is 4.01. The number of hydrogen-bond donors (Lipinski definition) is 0. The maximum atomic E-state index is 13.0. The Labute approximate surface area is 462 Å². The first-order valence-corrected chi connectivity index (χ1v) is 28.0. The van der Waals surface area contributed by atoms with Gasteiger partial charge in [-0.1, -0.05) is 118 Å². The van der Waals surface area contributed by atoms with Crippen LogP contribution in [0.1, 0.15) is 86.8 Å². The molecule has 1 aliphatic carbocycles. The zero-order chi connectivity index (χ0) is 57.3. The maximum Gasteiger partial charge on any atom is 0.411 e. The van der Waals surface area contributed by atoms with Crippen molar-refractivity contribution < 1.29 is 72.5 Å². The molecule has 24 heteroatoms. The fourth-order valence-corrected chi connectivity index (χ4v) is 11.0. The summed E-state index contributed by atoms with van der Waals surface area (Å²) in [7, 11) is -6.57. The molecule has 0 atom stereocenters. The summed E-state index contributed by atoms with van der Waals surface area (Å²) < 4.78 is 102. The first kappa shape index (κ1) is 60.5. The minimum atomic E-state index is -4.65. The van der Waals surface area contributed by atoms with E-state index in [-0.39, 0.29) is 50.9 Å². The summed E-state index contributed by atoms with van der Waals surface area (Å²) in [6.07, 6.45) is -3.04. The topological polar surface area (TPSA) is 221 Å². The van der Waals surface area contributed by atoms with E-state index >= 15 is 0 Å². The molecule has 78 heavy (non-hydrogen) atoms. The summed E-state index contributed by atoms with van der Waals surface area (Å²) in [5.74, 6) is -4.71. The van der Waals surface area contributed by atoms with Crippen molar-refractivity contribution in [2.24, 2.45) is 18.1 Å². The molecule has 0 unspecified atom stereocenters. The van der Waals surface area contributed by atoms with Gasteiger partial charge in [-0.3, -0.25) is 19.2 Å². The molecule has 0 N–H and O–H groups in total. The van der Waals surface area contributed by atoms with Crippen molar-refractivity contribution in [2.75, 3.05) is 19.5 Å². The van der Waals surface area contributed by atoms with Gasteiger partial charge in [0.2, 0.25) is 11.7 Å². The number of hydrogen-bond acceptors (Lipinski definition) is 15. The summed E-state index contributed by atoms with van der Waals surface area (Å²) in [4.78, 5) is 67.0. The molecule has 412 valence electrons. The fraction of sp³-hybridized carbons (Fsp3) is 0.278. The molecule has 6 aromatic rings.